The normalized spacial score (nSPS) is 12.3. The summed E-state index contributed by atoms with van der Waals surface area (Å²) in [6.45, 7) is 1.98. The van der Waals surface area contributed by atoms with Gasteiger partial charge < -0.3 is 19.5 Å². The Morgan fingerprint density at radius 3 is 2.51 bits per heavy atom. The third-order valence-corrected chi connectivity index (χ3v) is 11.7. The molecular weight excluding hydrogens is 766 g/mol. The molecule has 15 heteroatoms. The molecule has 272 valence electrons. The fourth-order valence-electron chi connectivity index (χ4n) is 6.64. The zero-order chi connectivity index (χ0) is 37.0. The van der Waals surface area contributed by atoms with Crippen molar-refractivity contribution < 1.29 is 19.7 Å². The lowest BCUT2D eigenvalue weighted by molar-refractivity contribution is 0.0589. The van der Waals surface area contributed by atoms with Crippen LogP contribution < -0.4 is 0 Å². The van der Waals surface area contributed by atoms with Gasteiger partial charge in [-0.3, -0.25) is 9.36 Å². The number of aryl methyl sites for hydroxylation is 5. The smallest absolute Gasteiger partial charge is 0.354 e. The second-order valence-corrected chi connectivity index (χ2v) is 15.0. The van der Waals surface area contributed by atoms with Crippen LogP contribution in [0.5, 0.6) is 5.75 Å². The van der Waals surface area contributed by atoms with Crippen molar-refractivity contribution in [1.82, 2.24) is 24.1 Å². The molecule has 6 rings (SSSR count). The molecule has 0 aliphatic heterocycles. The number of phenols is 1. The molecule has 51 heavy (non-hydrogen) atoms. The number of phenolic OH excluding ortho intramolecular Hbond substituents is 1. The van der Waals surface area contributed by atoms with E-state index >= 15 is 0 Å². The second-order valence-electron chi connectivity index (χ2n) is 12.2. The third kappa shape index (κ3) is 8.14. The average Bonchev–Trinajstić information content (AvgIpc) is 3.72. The number of rotatable bonds is 12. The quantitative estimate of drug-likeness (QED) is 0.0429. The van der Waals surface area contributed by atoms with Crippen LogP contribution in [0.25, 0.3) is 28.1 Å². The molecule has 1 aliphatic carbocycles. The summed E-state index contributed by atoms with van der Waals surface area (Å²) in [7, 11) is 7.04. The molecule has 0 unspecified atom stereocenters. The molecule has 3 aromatic heterocycles. The van der Waals surface area contributed by atoms with Gasteiger partial charge in [-0.25, -0.2) is 4.79 Å². The number of benzene rings is 2. The summed E-state index contributed by atoms with van der Waals surface area (Å²) < 4.78 is 10.7. The Balaban J connectivity index is 0.00000248. The molecular formula is C36H41Cl2N5O4S4. The van der Waals surface area contributed by atoms with Gasteiger partial charge in [0.05, 0.1) is 34.1 Å². The number of nitrogens with zero attached hydrogens (tertiary/aromatic N) is 5. The van der Waals surface area contributed by atoms with E-state index in [0.717, 1.165) is 79.4 Å². The number of fused-ring (bicyclic) bond motifs is 2. The number of hydrogen-bond acceptors (Lipinski definition) is 10. The van der Waals surface area contributed by atoms with E-state index in [1.807, 2.05) is 49.6 Å². The van der Waals surface area contributed by atoms with Crippen molar-refractivity contribution in [3.8, 4) is 16.9 Å². The van der Waals surface area contributed by atoms with Crippen molar-refractivity contribution in [2.45, 2.75) is 54.8 Å². The summed E-state index contributed by atoms with van der Waals surface area (Å²) in [4.78, 5) is 14.1. The highest BCUT2D eigenvalue weighted by Gasteiger charge is 2.29. The number of ether oxygens (including phenoxy) is 1. The number of allylic oxidation sites excluding steroid dienone is 1. The predicted octanol–water partition coefficient (Wildman–Crippen LogP) is 8.79. The number of esters is 1. The van der Waals surface area contributed by atoms with Gasteiger partial charge >= 0.3 is 5.97 Å². The van der Waals surface area contributed by atoms with Crippen molar-refractivity contribution >= 4 is 93.0 Å². The number of thiol groups is 2. The van der Waals surface area contributed by atoms with Crippen molar-refractivity contribution in [1.29, 1.82) is 0 Å². The number of methoxy groups -OCH3 is 1. The van der Waals surface area contributed by atoms with Crippen molar-refractivity contribution in [2.24, 2.45) is 21.1 Å². The highest BCUT2D eigenvalue weighted by Crippen LogP contribution is 2.45. The molecule has 5 aromatic rings. The average molecular weight is 807 g/mol. The Morgan fingerprint density at radius 1 is 1.02 bits per heavy atom. The van der Waals surface area contributed by atoms with Crippen LogP contribution in [0.3, 0.4) is 0 Å². The van der Waals surface area contributed by atoms with Crippen LogP contribution >= 0.6 is 70.0 Å². The topological polar surface area (TPSA) is 107 Å². The van der Waals surface area contributed by atoms with E-state index in [1.165, 1.54) is 12.7 Å². The number of aliphatic hydroxyl groups is 1. The first-order valence-corrected chi connectivity index (χ1v) is 20.7. The third-order valence-electron chi connectivity index (χ3n) is 9.07. The van der Waals surface area contributed by atoms with Crippen LogP contribution in [0.15, 0.2) is 35.2 Å². The molecule has 0 bridgehead atoms. The molecule has 2 N–H and O–H groups in total. The first kappa shape index (κ1) is 39.6. The summed E-state index contributed by atoms with van der Waals surface area (Å²) in [5.41, 5.74) is 9.48. The van der Waals surface area contributed by atoms with Crippen molar-refractivity contribution in [2.75, 3.05) is 13.7 Å². The highest BCUT2D eigenvalue weighted by atomic mass is 35.5. The number of carbonyl (C=O) groups is 1. The van der Waals surface area contributed by atoms with Crippen molar-refractivity contribution in [3.63, 3.8) is 0 Å². The number of aromatic nitrogens is 5. The molecule has 0 amide bonds. The maximum atomic E-state index is 13.0. The van der Waals surface area contributed by atoms with Gasteiger partial charge in [-0.15, -0.1) is 46.8 Å². The van der Waals surface area contributed by atoms with E-state index in [0.29, 0.717) is 45.8 Å². The number of aromatic hydroxyl groups is 1. The summed E-state index contributed by atoms with van der Waals surface area (Å²) in [6, 6.07) is 7.90. The Morgan fingerprint density at radius 2 is 1.78 bits per heavy atom. The molecule has 3 heterocycles. The minimum Gasteiger partial charge on any atom is -0.507 e. The number of hydrogen-bond donors (Lipinski definition) is 4. The van der Waals surface area contributed by atoms with E-state index in [-0.39, 0.29) is 6.61 Å². The maximum Gasteiger partial charge on any atom is 0.354 e. The first-order valence-electron chi connectivity index (χ1n) is 16.2. The summed E-state index contributed by atoms with van der Waals surface area (Å²) in [5.74, 6) is 1.88. The van der Waals surface area contributed by atoms with Gasteiger partial charge in [0.1, 0.15) is 11.4 Å². The summed E-state index contributed by atoms with van der Waals surface area (Å²) in [6.07, 6.45) is 6.97. The summed E-state index contributed by atoms with van der Waals surface area (Å²) in [5, 5.41) is 31.4. The minimum atomic E-state index is -0.477. The van der Waals surface area contributed by atoms with Gasteiger partial charge in [-0.1, -0.05) is 35.4 Å². The van der Waals surface area contributed by atoms with Gasteiger partial charge in [-0.05, 0) is 68.0 Å². The SMILES string of the molecule is COC(=O)c1c(CCCO)c2c(Cl)cc(Cl)c(-c3c(CSCc4cc(CSc5cc(O)c6c(c5)CCC=C6)n(C)n4)nn(C)c3C)c2n1C.SS. The second kappa shape index (κ2) is 17.5. The van der Waals surface area contributed by atoms with Gasteiger partial charge in [0.15, 0.2) is 0 Å². The van der Waals surface area contributed by atoms with Gasteiger partial charge in [0, 0.05) is 83.4 Å². The zero-order valence-corrected chi connectivity index (χ0v) is 34.0. The van der Waals surface area contributed by atoms with E-state index in [2.05, 4.69) is 41.5 Å². The number of halogens is 2. The molecule has 1 aliphatic rings. The standard InChI is InChI=1S/C36H39Cl2N5O4S2.H2S2/c1-20-31(33-28(38)16-27(37)32-26(11-8-12-44)34(36(46)47-5)41(2)35(32)33)29(40-42(20)3)19-48-17-22-14-23(43(4)39-22)18-49-24-13-21-9-6-7-10-25(21)30(45)15-24;1-2/h7,10,13-16,44-45H,6,8-9,11-12,17-19H2,1-5H3;1-2H. The van der Waals surface area contributed by atoms with Crippen LogP contribution in [0.1, 0.15) is 62.8 Å². The van der Waals surface area contributed by atoms with Crippen LogP contribution in [0.2, 0.25) is 10.0 Å². The van der Waals surface area contributed by atoms with Crippen LogP contribution in [0.4, 0.5) is 0 Å². The number of thioether (sulfide) groups is 2. The molecule has 0 atom stereocenters. The molecule has 0 saturated heterocycles. The molecule has 0 fully saturated rings. The van der Waals surface area contributed by atoms with Crippen molar-refractivity contribution in [3.05, 3.63) is 85.5 Å². The largest absolute Gasteiger partial charge is 0.507 e. The Hall–Kier alpha value is -2.65. The molecule has 0 radical (unpaired) electrons. The Kier molecular flexibility index (Phi) is 13.5. The fraction of sp³-hybridized carbons (Fsp3) is 0.361. The van der Waals surface area contributed by atoms with Crippen LogP contribution in [0, 0.1) is 6.92 Å². The number of aliphatic hydroxyl groups excluding tert-OH is 1. The summed E-state index contributed by atoms with van der Waals surface area (Å²) >= 11 is 23.7. The van der Waals surface area contributed by atoms with Crippen LogP contribution in [-0.4, -0.2) is 54.0 Å². The van der Waals surface area contributed by atoms with Gasteiger partial charge in [0.2, 0.25) is 0 Å². The molecule has 0 saturated carbocycles. The van der Waals surface area contributed by atoms with Gasteiger partial charge in [0.25, 0.3) is 0 Å². The van der Waals surface area contributed by atoms with E-state index in [9.17, 15) is 15.0 Å². The molecule has 9 nitrogen and oxygen atoms in total. The number of carbonyl (C=O) groups excluding carboxylic acids is 1. The lowest BCUT2D eigenvalue weighted by Crippen LogP contribution is -2.10. The Bertz CT molecular complexity index is 2110. The van der Waals surface area contributed by atoms with Crippen LogP contribution in [-0.2, 0) is 56.0 Å². The van der Waals surface area contributed by atoms with Gasteiger partial charge in [-0.2, -0.15) is 10.2 Å². The monoisotopic (exact) mass is 805 g/mol. The molecule has 0 spiro atoms. The lowest BCUT2D eigenvalue weighted by atomic mass is 9.97. The maximum absolute atomic E-state index is 13.0. The van der Waals surface area contributed by atoms with E-state index < -0.39 is 5.97 Å². The van der Waals surface area contributed by atoms with E-state index in [1.54, 1.807) is 34.2 Å². The first-order chi connectivity index (χ1) is 24.5. The fourth-order valence-corrected chi connectivity index (χ4v) is 9.15. The highest BCUT2D eigenvalue weighted by molar-refractivity contribution is 8.59. The lowest BCUT2D eigenvalue weighted by Gasteiger charge is -2.14. The Labute approximate surface area is 326 Å². The van der Waals surface area contributed by atoms with E-state index in [4.69, 9.17) is 38.1 Å². The minimum absolute atomic E-state index is 0.0219. The molecule has 2 aromatic carbocycles. The zero-order valence-electron chi connectivity index (χ0n) is 29.0. The predicted molar refractivity (Wildman–Crippen MR) is 218 cm³/mol.